The first-order chi connectivity index (χ1) is 8.34. The van der Waals surface area contributed by atoms with Gasteiger partial charge in [-0.05, 0) is 23.6 Å². The Morgan fingerprint density at radius 3 is 2.39 bits per heavy atom. The molecular weight excluding hydrogens is 222 g/mol. The number of hydrogen-bond acceptors (Lipinski definition) is 1. The van der Waals surface area contributed by atoms with Crippen molar-refractivity contribution in [1.29, 1.82) is 0 Å². The zero-order chi connectivity index (χ0) is 13.5. The normalized spacial score (nSPS) is 12.3. The summed E-state index contributed by atoms with van der Waals surface area (Å²) in [4.78, 5) is 14.8. The van der Waals surface area contributed by atoms with Crippen LogP contribution in [0, 0.1) is 0 Å². The van der Waals surface area contributed by atoms with Crippen molar-refractivity contribution >= 4 is 17.2 Å². The molecule has 2 heteroatoms. The van der Waals surface area contributed by atoms with Gasteiger partial charge in [0.2, 0.25) is 0 Å². The van der Waals surface area contributed by atoms with Crippen LogP contribution in [-0.2, 0) is 5.41 Å². The average molecular weight is 243 g/mol. The van der Waals surface area contributed by atoms with Crippen LogP contribution in [0.2, 0.25) is 0 Å². The molecule has 0 spiro atoms. The van der Waals surface area contributed by atoms with Gasteiger partial charge in [0.15, 0.2) is 6.29 Å². The molecule has 0 aliphatic rings. The number of hydrogen-bond donors (Lipinski definition) is 1. The monoisotopic (exact) mass is 243 g/mol. The smallest absolute Gasteiger partial charge is 0.152 e. The van der Waals surface area contributed by atoms with Gasteiger partial charge in [0.1, 0.15) is 0 Å². The highest BCUT2D eigenvalue weighted by Gasteiger charge is 2.22. The molecule has 18 heavy (non-hydrogen) atoms. The second-order valence-electron chi connectivity index (χ2n) is 6.24. The Kier molecular flexibility index (Phi) is 3.05. The first kappa shape index (κ1) is 12.9. The molecular formula is C16H21NO. The average Bonchev–Trinajstić information content (AvgIpc) is 2.65. The third-order valence-electron chi connectivity index (χ3n) is 3.40. The fourth-order valence-electron chi connectivity index (χ4n) is 2.30. The maximum atomic E-state index is 11.4. The molecule has 0 radical (unpaired) electrons. The maximum Gasteiger partial charge on any atom is 0.152 e. The number of H-pyrrole nitrogens is 1. The van der Waals surface area contributed by atoms with Crippen LogP contribution in [-0.4, -0.2) is 11.3 Å². The second kappa shape index (κ2) is 4.27. The van der Waals surface area contributed by atoms with Gasteiger partial charge < -0.3 is 4.98 Å². The predicted molar refractivity (Wildman–Crippen MR) is 76.5 cm³/mol. The summed E-state index contributed by atoms with van der Waals surface area (Å²) in [6, 6.07) is 6.34. The van der Waals surface area contributed by atoms with Crippen LogP contribution in [0.4, 0.5) is 0 Å². The molecule has 0 saturated heterocycles. The topological polar surface area (TPSA) is 32.9 Å². The fraction of sp³-hybridized carbons (Fsp3) is 0.438. The van der Waals surface area contributed by atoms with Crippen molar-refractivity contribution in [3.63, 3.8) is 0 Å². The molecule has 2 rings (SSSR count). The summed E-state index contributed by atoms with van der Waals surface area (Å²) in [6.07, 6.45) is 0.976. The van der Waals surface area contributed by atoms with Crippen LogP contribution in [0.1, 0.15) is 62.2 Å². The highest BCUT2D eigenvalue weighted by molar-refractivity contribution is 5.99. The maximum absolute atomic E-state index is 11.4. The number of carbonyl (C=O) groups excluding carboxylic acids is 1. The summed E-state index contributed by atoms with van der Waals surface area (Å²) < 4.78 is 0. The van der Waals surface area contributed by atoms with Crippen LogP contribution in [0.3, 0.4) is 0 Å². The minimum Gasteiger partial charge on any atom is -0.357 e. The van der Waals surface area contributed by atoms with E-state index >= 15 is 0 Å². The molecule has 0 bridgehead atoms. The Morgan fingerprint density at radius 1 is 1.22 bits per heavy atom. The van der Waals surface area contributed by atoms with Crippen LogP contribution in [0.5, 0.6) is 0 Å². The molecule has 0 saturated carbocycles. The van der Waals surface area contributed by atoms with Crippen LogP contribution >= 0.6 is 0 Å². The van der Waals surface area contributed by atoms with E-state index in [-0.39, 0.29) is 5.41 Å². The van der Waals surface area contributed by atoms with Gasteiger partial charge in [-0.3, -0.25) is 4.79 Å². The van der Waals surface area contributed by atoms with Crippen molar-refractivity contribution in [2.24, 2.45) is 0 Å². The molecule has 1 N–H and O–H groups in total. The Morgan fingerprint density at radius 2 is 1.89 bits per heavy atom. The van der Waals surface area contributed by atoms with Crippen molar-refractivity contribution in [1.82, 2.24) is 4.98 Å². The van der Waals surface area contributed by atoms with E-state index in [0.717, 1.165) is 28.4 Å². The van der Waals surface area contributed by atoms with Gasteiger partial charge in [0.05, 0.1) is 0 Å². The number of carbonyl (C=O) groups is 1. The first-order valence-corrected chi connectivity index (χ1v) is 6.46. The van der Waals surface area contributed by atoms with Gasteiger partial charge in [-0.1, -0.05) is 40.7 Å². The molecule has 0 unspecified atom stereocenters. The molecule has 2 nitrogen and oxygen atoms in total. The third kappa shape index (κ3) is 2.07. The summed E-state index contributed by atoms with van der Waals surface area (Å²) in [5.74, 6) is 0.474. The van der Waals surface area contributed by atoms with E-state index < -0.39 is 0 Å². The largest absolute Gasteiger partial charge is 0.357 e. The number of aromatic amines is 1. The highest BCUT2D eigenvalue weighted by atomic mass is 16.1. The third-order valence-corrected chi connectivity index (χ3v) is 3.40. The molecule has 1 aromatic carbocycles. The number of nitrogens with one attached hydrogen (secondary N) is 1. The van der Waals surface area contributed by atoms with Gasteiger partial charge in [0.25, 0.3) is 0 Å². The molecule has 0 fully saturated rings. The number of rotatable bonds is 2. The van der Waals surface area contributed by atoms with E-state index in [2.05, 4.69) is 57.8 Å². The van der Waals surface area contributed by atoms with Crippen LogP contribution in [0.15, 0.2) is 18.2 Å². The van der Waals surface area contributed by atoms with Gasteiger partial charge in [-0.15, -0.1) is 0 Å². The highest BCUT2D eigenvalue weighted by Crippen LogP contribution is 2.31. The van der Waals surface area contributed by atoms with Crippen molar-refractivity contribution in [2.75, 3.05) is 0 Å². The molecule has 1 heterocycles. The summed E-state index contributed by atoms with van der Waals surface area (Å²) in [5, 5.41) is 1.04. The quantitative estimate of drug-likeness (QED) is 0.779. The fourth-order valence-corrected chi connectivity index (χ4v) is 2.30. The Hall–Kier alpha value is -1.57. The minimum atomic E-state index is -0.0484. The van der Waals surface area contributed by atoms with E-state index in [0.29, 0.717) is 5.92 Å². The summed E-state index contributed by atoms with van der Waals surface area (Å²) in [6.45, 7) is 10.7. The SMILES string of the molecule is CC(C)c1ccc2[nH]c(C(C)(C)C)c(C=O)c2c1. The van der Waals surface area contributed by atoms with E-state index in [1.165, 1.54) is 5.56 Å². The van der Waals surface area contributed by atoms with Gasteiger partial charge in [-0.25, -0.2) is 0 Å². The lowest BCUT2D eigenvalue weighted by Gasteiger charge is -2.17. The Labute approximate surface area is 108 Å². The summed E-state index contributed by atoms with van der Waals surface area (Å²) >= 11 is 0. The summed E-state index contributed by atoms with van der Waals surface area (Å²) in [7, 11) is 0. The zero-order valence-corrected chi connectivity index (χ0v) is 11.8. The number of fused-ring (bicyclic) bond motifs is 1. The molecule has 1 aromatic heterocycles. The van der Waals surface area contributed by atoms with Crippen molar-refractivity contribution in [3.8, 4) is 0 Å². The number of aromatic nitrogens is 1. The molecule has 0 amide bonds. The lowest BCUT2D eigenvalue weighted by molar-refractivity contribution is 0.112. The van der Waals surface area contributed by atoms with Crippen LogP contribution < -0.4 is 0 Å². The van der Waals surface area contributed by atoms with E-state index in [4.69, 9.17) is 0 Å². The second-order valence-corrected chi connectivity index (χ2v) is 6.24. The molecule has 96 valence electrons. The van der Waals surface area contributed by atoms with E-state index in [1.54, 1.807) is 0 Å². The van der Waals surface area contributed by atoms with Crippen molar-refractivity contribution in [3.05, 3.63) is 35.0 Å². The van der Waals surface area contributed by atoms with Gasteiger partial charge in [0, 0.05) is 27.6 Å². The molecule has 2 aromatic rings. The van der Waals surface area contributed by atoms with Crippen molar-refractivity contribution in [2.45, 2.75) is 46.0 Å². The minimum absolute atomic E-state index is 0.0484. The number of benzene rings is 1. The first-order valence-electron chi connectivity index (χ1n) is 6.46. The molecule has 0 aliphatic carbocycles. The van der Waals surface area contributed by atoms with Gasteiger partial charge in [-0.2, -0.15) is 0 Å². The van der Waals surface area contributed by atoms with E-state index in [9.17, 15) is 4.79 Å². The Bertz CT molecular complexity index is 585. The van der Waals surface area contributed by atoms with Crippen molar-refractivity contribution < 1.29 is 4.79 Å². The van der Waals surface area contributed by atoms with Crippen LogP contribution in [0.25, 0.3) is 10.9 Å². The molecule has 0 aliphatic heterocycles. The predicted octanol–water partition coefficient (Wildman–Crippen LogP) is 4.40. The molecule has 0 atom stereocenters. The standard InChI is InChI=1S/C16H21NO/c1-10(2)11-6-7-14-12(8-11)13(9-18)15(17-14)16(3,4)5/h6-10,17H,1-5H3. The Balaban J connectivity index is 2.74. The lowest BCUT2D eigenvalue weighted by atomic mass is 9.89. The zero-order valence-electron chi connectivity index (χ0n) is 11.8. The van der Waals surface area contributed by atoms with Gasteiger partial charge >= 0.3 is 0 Å². The van der Waals surface area contributed by atoms with E-state index in [1.807, 2.05) is 0 Å². The number of aldehydes is 1. The summed E-state index contributed by atoms with van der Waals surface area (Å²) in [5.41, 5.74) is 4.10. The lowest BCUT2D eigenvalue weighted by Crippen LogP contribution is -2.13.